The fraction of sp³-hybridized carbons (Fsp3) is 0.357. The van der Waals surface area contributed by atoms with Crippen LogP contribution in [0.1, 0.15) is 12.8 Å². The van der Waals surface area contributed by atoms with E-state index in [2.05, 4.69) is 4.98 Å². The van der Waals surface area contributed by atoms with Gasteiger partial charge in [-0.2, -0.15) is 0 Å². The van der Waals surface area contributed by atoms with Gasteiger partial charge in [-0.1, -0.05) is 0 Å². The molecule has 1 unspecified atom stereocenters. The standard InChI is InChI=1S/C14H15N3O3/c18-10-3-2-8-16(9-10)13-6-5-12-11(4-1-7-15-12)14(13)17(19)20/h1,4-7,10,18H,2-3,8-9H2. The number of β-amino-alcohol motifs (C(OH)–C–C–N with tert-alkyl or cyclic N) is 1. The van der Waals surface area contributed by atoms with E-state index >= 15 is 0 Å². The van der Waals surface area contributed by atoms with Crippen LogP contribution < -0.4 is 4.90 Å². The van der Waals surface area contributed by atoms with Crippen molar-refractivity contribution in [2.75, 3.05) is 18.0 Å². The lowest BCUT2D eigenvalue weighted by molar-refractivity contribution is -0.382. The van der Waals surface area contributed by atoms with Crippen molar-refractivity contribution in [1.82, 2.24) is 4.98 Å². The highest BCUT2D eigenvalue weighted by atomic mass is 16.6. The summed E-state index contributed by atoms with van der Waals surface area (Å²) in [6.45, 7) is 1.16. The Kier molecular flexibility index (Phi) is 3.23. The monoisotopic (exact) mass is 273 g/mol. The van der Waals surface area contributed by atoms with Crippen LogP contribution >= 0.6 is 0 Å². The molecule has 0 amide bonds. The van der Waals surface area contributed by atoms with Crippen LogP contribution in [-0.4, -0.2) is 34.2 Å². The average Bonchev–Trinajstić information content (AvgIpc) is 2.45. The molecule has 6 heteroatoms. The Morgan fingerprint density at radius 2 is 2.25 bits per heavy atom. The number of anilines is 1. The van der Waals surface area contributed by atoms with Gasteiger partial charge in [0, 0.05) is 19.3 Å². The molecule has 1 aliphatic rings. The quantitative estimate of drug-likeness (QED) is 0.669. The molecule has 2 heterocycles. The molecule has 1 aromatic carbocycles. The summed E-state index contributed by atoms with van der Waals surface area (Å²) in [5.74, 6) is 0. The maximum Gasteiger partial charge on any atom is 0.301 e. The average molecular weight is 273 g/mol. The Morgan fingerprint density at radius 3 is 3.00 bits per heavy atom. The van der Waals surface area contributed by atoms with Crippen LogP contribution in [0.4, 0.5) is 11.4 Å². The molecule has 1 atom stereocenters. The molecule has 1 saturated heterocycles. The minimum absolute atomic E-state index is 0.0738. The van der Waals surface area contributed by atoms with Gasteiger partial charge in [0.25, 0.3) is 0 Å². The van der Waals surface area contributed by atoms with Crippen molar-refractivity contribution in [3.63, 3.8) is 0 Å². The molecule has 0 aliphatic carbocycles. The van der Waals surface area contributed by atoms with E-state index in [1.807, 2.05) is 4.90 Å². The van der Waals surface area contributed by atoms with Gasteiger partial charge in [-0.3, -0.25) is 15.1 Å². The Bertz CT molecular complexity index is 659. The number of hydrogen-bond donors (Lipinski definition) is 1. The van der Waals surface area contributed by atoms with Crippen LogP contribution in [0.2, 0.25) is 0 Å². The molecule has 0 saturated carbocycles. The van der Waals surface area contributed by atoms with E-state index in [9.17, 15) is 15.2 Å². The molecule has 20 heavy (non-hydrogen) atoms. The predicted octanol–water partition coefficient (Wildman–Crippen LogP) is 2.10. The zero-order chi connectivity index (χ0) is 14.1. The van der Waals surface area contributed by atoms with E-state index in [1.54, 1.807) is 30.5 Å². The highest BCUT2D eigenvalue weighted by Crippen LogP contribution is 2.36. The zero-order valence-corrected chi connectivity index (χ0v) is 10.9. The van der Waals surface area contributed by atoms with Crippen molar-refractivity contribution in [3.8, 4) is 0 Å². The van der Waals surface area contributed by atoms with Crippen LogP contribution in [0.25, 0.3) is 10.9 Å². The number of piperidine rings is 1. The lowest BCUT2D eigenvalue weighted by Crippen LogP contribution is -2.38. The normalized spacial score (nSPS) is 19.2. The lowest BCUT2D eigenvalue weighted by Gasteiger charge is -2.31. The number of fused-ring (bicyclic) bond motifs is 1. The maximum absolute atomic E-state index is 11.4. The number of aromatic nitrogens is 1. The minimum atomic E-state index is -0.423. The molecular formula is C14H15N3O3. The highest BCUT2D eigenvalue weighted by Gasteiger charge is 2.26. The molecule has 1 N–H and O–H groups in total. The third-order valence-corrected chi connectivity index (χ3v) is 3.66. The maximum atomic E-state index is 11.4. The molecule has 6 nitrogen and oxygen atoms in total. The zero-order valence-electron chi connectivity index (χ0n) is 10.9. The topological polar surface area (TPSA) is 79.5 Å². The largest absolute Gasteiger partial charge is 0.391 e. The number of nitrogens with zero attached hydrogens (tertiary/aromatic N) is 3. The molecule has 104 valence electrons. The van der Waals surface area contributed by atoms with Gasteiger partial charge < -0.3 is 10.0 Å². The second-order valence-corrected chi connectivity index (χ2v) is 5.00. The first kappa shape index (κ1) is 12.8. The number of aliphatic hydroxyl groups is 1. The van der Waals surface area contributed by atoms with Crippen LogP contribution in [-0.2, 0) is 0 Å². The summed E-state index contributed by atoms with van der Waals surface area (Å²) in [4.78, 5) is 17.1. The second kappa shape index (κ2) is 5.05. The summed E-state index contributed by atoms with van der Waals surface area (Å²) in [6, 6.07) is 6.93. The molecular weight excluding hydrogens is 258 g/mol. The predicted molar refractivity (Wildman–Crippen MR) is 75.9 cm³/mol. The van der Waals surface area contributed by atoms with Crippen LogP contribution in [0, 0.1) is 10.1 Å². The highest BCUT2D eigenvalue weighted by molar-refractivity contribution is 5.94. The van der Waals surface area contributed by atoms with E-state index in [1.165, 1.54) is 0 Å². The Hall–Kier alpha value is -2.21. The molecule has 0 bridgehead atoms. The molecule has 2 aromatic rings. The summed E-state index contributed by atoms with van der Waals surface area (Å²) in [5, 5.41) is 21.7. The van der Waals surface area contributed by atoms with Crippen molar-refractivity contribution in [2.45, 2.75) is 18.9 Å². The van der Waals surface area contributed by atoms with Crippen molar-refractivity contribution in [3.05, 3.63) is 40.6 Å². The number of nitro groups is 1. The molecule has 0 radical (unpaired) electrons. The number of aliphatic hydroxyl groups excluding tert-OH is 1. The third-order valence-electron chi connectivity index (χ3n) is 3.66. The summed E-state index contributed by atoms with van der Waals surface area (Å²) >= 11 is 0. The number of pyridine rings is 1. The number of benzene rings is 1. The first-order valence-electron chi connectivity index (χ1n) is 6.62. The van der Waals surface area contributed by atoms with E-state index in [-0.39, 0.29) is 10.6 Å². The third kappa shape index (κ3) is 2.18. The number of rotatable bonds is 2. The van der Waals surface area contributed by atoms with Crippen LogP contribution in [0.15, 0.2) is 30.5 Å². The summed E-state index contributed by atoms with van der Waals surface area (Å²) < 4.78 is 0. The van der Waals surface area contributed by atoms with Gasteiger partial charge in [0.2, 0.25) is 0 Å². The first-order chi connectivity index (χ1) is 9.66. The van der Waals surface area contributed by atoms with Crippen molar-refractivity contribution < 1.29 is 10.0 Å². The smallest absolute Gasteiger partial charge is 0.301 e. The molecule has 1 aromatic heterocycles. The van der Waals surface area contributed by atoms with Crippen LogP contribution in [0.3, 0.4) is 0 Å². The van der Waals surface area contributed by atoms with Gasteiger partial charge in [-0.15, -0.1) is 0 Å². The van der Waals surface area contributed by atoms with Gasteiger partial charge in [0.15, 0.2) is 0 Å². The molecule has 0 spiro atoms. The van der Waals surface area contributed by atoms with Gasteiger partial charge >= 0.3 is 5.69 Å². The van der Waals surface area contributed by atoms with Crippen LogP contribution in [0.5, 0.6) is 0 Å². The molecule has 1 fully saturated rings. The second-order valence-electron chi connectivity index (χ2n) is 5.00. The van der Waals surface area contributed by atoms with Crippen molar-refractivity contribution in [1.29, 1.82) is 0 Å². The van der Waals surface area contributed by atoms with E-state index in [0.29, 0.717) is 23.1 Å². The van der Waals surface area contributed by atoms with Gasteiger partial charge in [0.1, 0.15) is 5.69 Å². The lowest BCUT2D eigenvalue weighted by atomic mass is 10.1. The Balaban J connectivity index is 2.14. The van der Waals surface area contributed by atoms with E-state index < -0.39 is 6.10 Å². The summed E-state index contributed by atoms with van der Waals surface area (Å²) in [6.07, 6.45) is 2.78. The number of nitro benzene ring substituents is 1. The fourth-order valence-electron chi connectivity index (χ4n) is 2.75. The number of hydrogen-bond acceptors (Lipinski definition) is 5. The summed E-state index contributed by atoms with van der Waals surface area (Å²) in [5.41, 5.74) is 1.25. The van der Waals surface area contributed by atoms with Gasteiger partial charge in [-0.25, -0.2) is 0 Å². The Morgan fingerprint density at radius 1 is 1.40 bits per heavy atom. The molecule has 3 rings (SSSR count). The molecule has 1 aliphatic heterocycles. The first-order valence-corrected chi connectivity index (χ1v) is 6.62. The van der Waals surface area contributed by atoms with Crippen molar-refractivity contribution in [2.24, 2.45) is 0 Å². The van der Waals surface area contributed by atoms with Crippen molar-refractivity contribution >= 4 is 22.3 Å². The van der Waals surface area contributed by atoms with E-state index in [0.717, 1.165) is 19.4 Å². The SMILES string of the molecule is O=[N+]([O-])c1c(N2CCCC(O)C2)ccc2ncccc12. The fourth-order valence-corrected chi connectivity index (χ4v) is 2.75. The summed E-state index contributed by atoms with van der Waals surface area (Å²) in [7, 11) is 0. The minimum Gasteiger partial charge on any atom is -0.391 e. The Labute approximate surface area is 115 Å². The van der Waals surface area contributed by atoms with Gasteiger partial charge in [-0.05, 0) is 37.1 Å². The van der Waals surface area contributed by atoms with Gasteiger partial charge in [0.05, 0.1) is 21.9 Å². The van der Waals surface area contributed by atoms with E-state index in [4.69, 9.17) is 0 Å².